The summed E-state index contributed by atoms with van der Waals surface area (Å²) in [5.41, 5.74) is 2.50. The second-order valence-corrected chi connectivity index (χ2v) is 3.34. The zero-order valence-electron chi connectivity index (χ0n) is 8.69. The van der Waals surface area contributed by atoms with E-state index in [1.54, 1.807) is 13.2 Å². The van der Waals surface area contributed by atoms with Crippen LogP contribution in [0.25, 0.3) is 11.0 Å². The van der Waals surface area contributed by atoms with Gasteiger partial charge in [-0.1, -0.05) is 0 Å². The lowest BCUT2D eigenvalue weighted by Crippen LogP contribution is -1.98. The maximum atomic E-state index is 8.79. The molecule has 0 atom stereocenters. The van der Waals surface area contributed by atoms with Crippen molar-refractivity contribution in [3.8, 4) is 6.07 Å². The second-order valence-electron chi connectivity index (χ2n) is 3.34. The van der Waals surface area contributed by atoms with E-state index in [1.807, 2.05) is 23.7 Å². The van der Waals surface area contributed by atoms with Gasteiger partial charge in [0.05, 0.1) is 22.7 Å². The Morgan fingerprint density at radius 2 is 2.33 bits per heavy atom. The van der Waals surface area contributed by atoms with Gasteiger partial charge >= 0.3 is 0 Å². The third-order valence-corrected chi connectivity index (χ3v) is 2.38. The number of imidazole rings is 1. The van der Waals surface area contributed by atoms with E-state index < -0.39 is 0 Å². The summed E-state index contributed by atoms with van der Waals surface area (Å²) in [7, 11) is 3.56. The van der Waals surface area contributed by atoms with E-state index in [1.165, 1.54) is 0 Å². The number of hydrogen-bond donors (Lipinski definition) is 0. The molecular formula is C11H11N3O. The van der Waals surface area contributed by atoms with Crippen LogP contribution in [0, 0.1) is 11.3 Å². The molecule has 0 unspecified atom stereocenters. The van der Waals surface area contributed by atoms with E-state index in [0.29, 0.717) is 12.2 Å². The van der Waals surface area contributed by atoms with E-state index in [0.717, 1.165) is 16.9 Å². The molecule has 1 aromatic carbocycles. The summed E-state index contributed by atoms with van der Waals surface area (Å²) >= 11 is 0. The summed E-state index contributed by atoms with van der Waals surface area (Å²) in [6.07, 6.45) is 0. The van der Waals surface area contributed by atoms with Crippen LogP contribution >= 0.6 is 0 Å². The number of fused-ring (bicyclic) bond motifs is 1. The number of benzene rings is 1. The second kappa shape index (κ2) is 3.71. The number of ether oxygens (including phenoxy) is 1. The summed E-state index contributed by atoms with van der Waals surface area (Å²) in [6.45, 7) is 0.479. The van der Waals surface area contributed by atoms with E-state index in [-0.39, 0.29) is 0 Å². The Kier molecular flexibility index (Phi) is 2.40. The molecule has 76 valence electrons. The molecule has 0 spiro atoms. The van der Waals surface area contributed by atoms with E-state index in [9.17, 15) is 0 Å². The fourth-order valence-electron chi connectivity index (χ4n) is 1.57. The third kappa shape index (κ3) is 1.58. The normalized spacial score (nSPS) is 10.5. The van der Waals surface area contributed by atoms with Crippen molar-refractivity contribution < 1.29 is 4.74 Å². The first-order chi connectivity index (χ1) is 7.26. The van der Waals surface area contributed by atoms with Gasteiger partial charge in [0.15, 0.2) is 0 Å². The molecule has 0 fully saturated rings. The molecule has 0 amide bonds. The van der Waals surface area contributed by atoms with Gasteiger partial charge in [0.1, 0.15) is 12.4 Å². The molecule has 4 heteroatoms. The van der Waals surface area contributed by atoms with Gasteiger partial charge in [-0.25, -0.2) is 4.98 Å². The molecule has 0 saturated heterocycles. The minimum absolute atomic E-state index is 0.479. The number of nitriles is 1. The van der Waals surface area contributed by atoms with Gasteiger partial charge in [-0.15, -0.1) is 0 Å². The number of hydrogen-bond acceptors (Lipinski definition) is 3. The molecule has 4 nitrogen and oxygen atoms in total. The average Bonchev–Trinajstić information content (AvgIpc) is 2.56. The van der Waals surface area contributed by atoms with Crippen LogP contribution in [0.3, 0.4) is 0 Å². The zero-order chi connectivity index (χ0) is 10.8. The minimum atomic E-state index is 0.479. The summed E-state index contributed by atoms with van der Waals surface area (Å²) in [5.74, 6) is 0.864. The first-order valence-electron chi connectivity index (χ1n) is 4.60. The third-order valence-electron chi connectivity index (χ3n) is 2.38. The standard InChI is InChI=1S/C11H11N3O/c1-14-10-5-8(6-12)3-4-9(10)13-11(14)7-15-2/h3-5H,7H2,1-2H3. The molecule has 0 aliphatic rings. The van der Waals surface area contributed by atoms with Crippen LogP contribution in [-0.4, -0.2) is 16.7 Å². The molecule has 2 aromatic rings. The van der Waals surface area contributed by atoms with Crippen LogP contribution in [0.4, 0.5) is 0 Å². The molecular weight excluding hydrogens is 190 g/mol. The highest BCUT2D eigenvalue weighted by Crippen LogP contribution is 2.16. The van der Waals surface area contributed by atoms with Gasteiger partial charge in [0, 0.05) is 14.2 Å². The Bertz CT molecular complexity index is 536. The summed E-state index contributed by atoms with van der Waals surface area (Å²) in [4.78, 5) is 4.41. The van der Waals surface area contributed by atoms with Crippen LogP contribution in [0.15, 0.2) is 18.2 Å². The van der Waals surface area contributed by atoms with Crippen molar-refractivity contribution in [2.75, 3.05) is 7.11 Å². The Balaban J connectivity index is 2.62. The van der Waals surface area contributed by atoms with Crippen molar-refractivity contribution in [3.05, 3.63) is 29.6 Å². The number of nitrogens with zero attached hydrogens (tertiary/aromatic N) is 3. The molecule has 1 heterocycles. The Morgan fingerprint density at radius 1 is 1.53 bits per heavy atom. The van der Waals surface area contributed by atoms with Crippen LogP contribution in [0.2, 0.25) is 0 Å². The molecule has 0 aliphatic carbocycles. The van der Waals surface area contributed by atoms with Crippen molar-refractivity contribution in [1.82, 2.24) is 9.55 Å². The largest absolute Gasteiger partial charge is 0.377 e. The molecule has 0 saturated carbocycles. The number of aromatic nitrogens is 2. The van der Waals surface area contributed by atoms with Crippen LogP contribution in [-0.2, 0) is 18.4 Å². The minimum Gasteiger partial charge on any atom is -0.377 e. The van der Waals surface area contributed by atoms with Gasteiger partial charge in [0.25, 0.3) is 0 Å². The van der Waals surface area contributed by atoms with Crippen molar-refractivity contribution in [2.24, 2.45) is 7.05 Å². The topological polar surface area (TPSA) is 50.8 Å². The Hall–Kier alpha value is -1.86. The highest BCUT2D eigenvalue weighted by molar-refractivity contribution is 5.77. The van der Waals surface area contributed by atoms with Gasteiger partial charge < -0.3 is 9.30 Å². The first kappa shape index (κ1) is 9.69. The lowest BCUT2D eigenvalue weighted by molar-refractivity contribution is 0.176. The molecule has 0 radical (unpaired) electrons. The molecule has 0 aliphatic heterocycles. The summed E-state index contributed by atoms with van der Waals surface area (Å²) < 4.78 is 6.99. The molecule has 0 N–H and O–H groups in total. The lowest BCUT2D eigenvalue weighted by atomic mass is 10.2. The van der Waals surface area contributed by atoms with Crippen LogP contribution in [0.5, 0.6) is 0 Å². The van der Waals surface area contributed by atoms with Crippen LogP contribution < -0.4 is 0 Å². The zero-order valence-corrected chi connectivity index (χ0v) is 8.69. The predicted molar refractivity (Wildman–Crippen MR) is 56.1 cm³/mol. The Labute approximate surface area is 87.7 Å². The smallest absolute Gasteiger partial charge is 0.135 e. The van der Waals surface area contributed by atoms with Crippen molar-refractivity contribution in [3.63, 3.8) is 0 Å². The Morgan fingerprint density at radius 3 is 3.00 bits per heavy atom. The van der Waals surface area contributed by atoms with Gasteiger partial charge in [0.2, 0.25) is 0 Å². The van der Waals surface area contributed by atoms with E-state index >= 15 is 0 Å². The van der Waals surface area contributed by atoms with Crippen molar-refractivity contribution in [1.29, 1.82) is 5.26 Å². The first-order valence-corrected chi connectivity index (χ1v) is 4.60. The van der Waals surface area contributed by atoms with Gasteiger partial charge in [-0.05, 0) is 18.2 Å². The maximum Gasteiger partial charge on any atom is 0.135 e. The number of methoxy groups -OCH3 is 1. The molecule has 2 rings (SSSR count). The highest BCUT2D eigenvalue weighted by atomic mass is 16.5. The van der Waals surface area contributed by atoms with Crippen molar-refractivity contribution >= 4 is 11.0 Å². The van der Waals surface area contributed by atoms with E-state index in [2.05, 4.69) is 11.1 Å². The maximum absolute atomic E-state index is 8.79. The summed E-state index contributed by atoms with van der Waals surface area (Å²) in [5, 5.41) is 8.79. The van der Waals surface area contributed by atoms with Crippen molar-refractivity contribution in [2.45, 2.75) is 6.61 Å². The number of rotatable bonds is 2. The monoisotopic (exact) mass is 201 g/mol. The van der Waals surface area contributed by atoms with Crippen LogP contribution in [0.1, 0.15) is 11.4 Å². The van der Waals surface area contributed by atoms with Gasteiger partial charge in [-0.2, -0.15) is 5.26 Å². The average molecular weight is 201 g/mol. The molecule has 1 aromatic heterocycles. The quantitative estimate of drug-likeness (QED) is 0.741. The number of aryl methyl sites for hydroxylation is 1. The summed E-state index contributed by atoms with van der Waals surface area (Å²) in [6, 6.07) is 7.57. The predicted octanol–water partition coefficient (Wildman–Crippen LogP) is 1.59. The van der Waals surface area contributed by atoms with Gasteiger partial charge in [-0.3, -0.25) is 0 Å². The molecule has 15 heavy (non-hydrogen) atoms. The van der Waals surface area contributed by atoms with E-state index in [4.69, 9.17) is 10.00 Å². The fraction of sp³-hybridized carbons (Fsp3) is 0.273. The lowest BCUT2D eigenvalue weighted by Gasteiger charge is -1.99. The SMILES string of the molecule is COCc1nc2ccc(C#N)cc2n1C. The highest BCUT2D eigenvalue weighted by Gasteiger charge is 2.07. The fourth-order valence-corrected chi connectivity index (χ4v) is 1.57. The molecule has 0 bridgehead atoms.